The molecule has 8 nitrogen and oxygen atoms in total. The van der Waals surface area contributed by atoms with Crippen molar-refractivity contribution in [3.8, 4) is 22.2 Å². The van der Waals surface area contributed by atoms with E-state index in [0.29, 0.717) is 43.3 Å². The summed E-state index contributed by atoms with van der Waals surface area (Å²) in [5.41, 5.74) is 3.57. The topological polar surface area (TPSA) is 97.7 Å². The molecule has 0 aliphatic carbocycles. The molecule has 5 rings (SSSR count). The van der Waals surface area contributed by atoms with Crippen LogP contribution in [0.15, 0.2) is 24.4 Å². The summed E-state index contributed by atoms with van der Waals surface area (Å²) in [6.45, 7) is -0.314. The van der Waals surface area contributed by atoms with Crippen LogP contribution in [-0.4, -0.2) is 63.5 Å². The molecule has 0 spiro atoms. The Labute approximate surface area is 205 Å². The lowest BCUT2D eigenvalue weighted by Crippen LogP contribution is -2.43. The highest BCUT2D eigenvalue weighted by Crippen LogP contribution is 2.43. The van der Waals surface area contributed by atoms with E-state index in [1.807, 2.05) is 19.1 Å². The van der Waals surface area contributed by atoms with Gasteiger partial charge < -0.3 is 14.6 Å². The molecule has 36 heavy (non-hydrogen) atoms. The summed E-state index contributed by atoms with van der Waals surface area (Å²) in [4.78, 5) is 25.0. The number of aryl methyl sites for hydroxylation is 1. The molecule has 0 saturated heterocycles. The molecule has 1 aliphatic heterocycles. The number of fused-ring (bicyclic) bond motifs is 4. The third kappa shape index (κ3) is 4.45. The number of ether oxygens (including phenoxy) is 2. The Hall–Kier alpha value is -3.74. The second kappa shape index (κ2) is 8.73. The van der Waals surface area contributed by atoms with Crippen molar-refractivity contribution >= 4 is 38.7 Å². The molecular formula is C23H18F4N4O4S. The number of rotatable bonds is 5. The molecule has 2 aromatic heterocycles. The minimum atomic E-state index is -4.71. The van der Waals surface area contributed by atoms with E-state index >= 15 is 0 Å². The standard InChI is InChI=1S/C23H18F4N4O4S/c1-10-3-12(18-15(4-10)29-17(34-2)7-28-18)21-30-16-6-14(24)19-13(20(16)36-21)5-11(35-19)8-31(22(32)33)9-23(25,26)27/h3-4,6-7,11H,5,8-9H2,1-2H3,(H,32,33). The first-order chi connectivity index (χ1) is 17.0. The number of halogens is 4. The molecule has 0 saturated carbocycles. The van der Waals surface area contributed by atoms with Crippen molar-refractivity contribution in [3.05, 3.63) is 41.3 Å². The Bertz CT molecular complexity index is 1510. The van der Waals surface area contributed by atoms with Gasteiger partial charge >= 0.3 is 12.3 Å². The van der Waals surface area contributed by atoms with Crippen LogP contribution in [0.3, 0.4) is 0 Å². The molecular weight excluding hydrogens is 504 g/mol. The van der Waals surface area contributed by atoms with E-state index in [1.54, 1.807) is 0 Å². The average Bonchev–Trinajstić information content (AvgIpc) is 3.41. The van der Waals surface area contributed by atoms with Gasteiger partial charge in [0.05, 0.1) is 41.1 Å². The van der Waals surface area contributed by atoms with Crippen LogP contribution >= 0.6 is 11.3 Å². The first-order valence-corrected chi connectivity index (χ1v) is 11.5. The van der Waals surface area contributed by atoms with Crippen molar-refractivity contribution < 1.29 is 36.9 Å². The number of hydrogen-bond donors (Lipinski definition) is 1. The molecule has 1 atom stereocenters. The maximum Gasteiger partial charge on any atom is 0.407 e. The summed E-state index contributed by atoms with van der Waals surface area (Å²) in [7, 11) is 1.49. The number of amides is 1. The van der Waals surface area contributed by atoms with E-state index < -0.39 is 37.3 Å². The van der Waals surface area contributed by atoms with E-state index in [1.165, 1.54) is 30.7 Å². The molecule has 1 unspecified atom stereocenters. The molecule has 188 valence electrons. The summed E-state index contributed by atoms with van der Waals surface area (Å²) in [5.74, 6) is -0.459. The quantitative estimate of drug-likeness (QED) is 0.360. The predicted octanol–water partition coefficient (Wildman–Crippen LogP) is 5.21. The maximum absolute atomic E-state index is 14.9. The molecule has 13 heteroatoms. The monoisotopic (exact) mass is 522 g/mol. The number of aromatic nitrogens is 3. The zero-order valence-corrected chi connectivity index (χ0v) is 19.7. The molecule has 0 fully saturated rings. The van der Waals surface area contributed by atoms with Gasteiger partial charge in [0.1, 0.15) is 17.7 Å². The van der Waals surface area contributed by atoms with Gasteiger partial charge in [0.15, 0.2) is 11.6 Å². The van der Waals surface area contributed by atoms with E-state index in [9.17, 15) is 27.5 Å². The Morgan fingerprint density at radius 3 is 2.75 bits per heavy atom. The highest BCUT2D eigenvalue weighted by atomic mass is 32.1. The molecule has 4 aromatic rings. The number of carbonyl (C=O) groups is 1. The molecule has 1 aliphatic rings. The second-order valence-corrected chi connectivity index (χ2v) is 9.35. The Morgan fingerprint density at radius 1 is 1.28 bits per heavy atom. The fourth-order valence-corrected chi connectivity index (χ4v) is 5.34. The molecule has 1 N–H and O–H groups in total. The van der Waals surface area contributed by atoms with Crippen LogP contribution in [0.1, 0.15) is 11.1 Å². The number of alkyl halides is 3. The number of methoxy groups -OCH3 is 1. The summed E-state index contributed by atoms with van der Waals surface area (Å²) in [6, 6.07) is 4.94. The van der Waals surface area contributed by atoms with E-state index in [0.717, 1.165) is 5.56 Å². The fourth-order valence-electron chi connectivity index (χ4n) is 4.23. The number of benzene rings is 2. The van der Waals surface area contributed by atoms with Crippen LogP contribution in [-0.2, 0) is 6.42 Å². The van der Waals surface area contributed by atoms with Gasteiger partial charge in [0, 0.05) is 23.6 Å². The number of carboxylic acid groups (broad SMARTS) is 1. The van der Waals surface area contributed by atoms with Gasteiger partial charge in [-0.3, -0.25) is 4.90 Å². The number of thiazole rings is 1. The van der Waals surface area contributed by atoms with Gasteiger partial charge in [0.25, 0.3) is 0 Å². The lowest BCUT2D eigenvalue weighted by atomic mass is 10.1. The average molecular weight is 522 g/mol. The van der Waals surface area contributed by atoms with Crippen LogP contribution in [0, 0.1) is 12.7 Å². The summed E-state index contributed by atoms with van der Waals surface area (Å²) in [5, 5.41) is 9.74. The number of hydrogen-bond acceptors (Lipinski definition) is 7. The Balaban J connectivity index is 1.52. The van der Waals surface area contributed by atoms with Crippen LogP contribution in [0.25, 0.3) is 31.8 Å². The van der Waals surface area contributed by atoms with Gasteiger partial charge in [-0.25, -0.2) is 24.1 Å². The summed E-state index contributed by atoms with van der Waals surface area (Å²) < 4.78 is 64.6. The summed E-state index contributed by atoms with van der Waals surface area (Å²) in [6.07, 6.45) is -5.89. The van der Waals surface area contributed by atoms with Crippen LogP contribution < -0.4 is 9.47 Å². The lowest BCUT2D eigenvalue weighted by molar-refractivity contribution is -0.143. The third-order valence-electron chi connectivity index (χ3n) is 5.67. The van der Waals surface area contributed by atoms with Crippen molar-refractivity contribution in [1.82, 2.24) is 19.9 Å². The van der Waals surface area contributed by atoms with Gasteiger partial charge in [-0.1, -0.05) is 0 Å². The first kappa shape index (κ1) is 24.0. The first-order valence-electron chi connectivity index (χ1n) is 10.7. The molecule has 0 radical (unpaired) electrons. The van der Waals surface area contributed by atoms with Crippen molar-refractivity contribution in [2.75, 3.05) is 20.2 Å². The minimum Gasteiger partial charge on any atom is -0.485 e. The van der Waals surface area contributed by atoms with Gasteiger partial charge in [-0.05, 0) is 24.6 Å². The van der Waals surface area contributed by atoms with E-state index in [4.69, 9.17) is 9.47 Å². The Morgan fingerprint density at radius 2 is 2.06 bits per heavy atom. The largest absolute Gasteiger partial charge is 0.485 e. The lowest BCUT2D eigenvalue weighted by Gasteiger charge is -2.23. The van der Waals surface area contributed by atoms with E-state index in [2.05, 4.69) is 15.0 Å². The van der Waals surface area contributed by atoms with Gasteiger partial charge in [-0.2, -0.15) is 13.2 Å². The smallest absolute Gasteiger partial charge is 0.407 e. The minimum absolute atomic E-state index is 0.0401. The predicted molar refractivity (Wildman–Crippen MR) is 123 cm³/mol. The Kier molecular flexibility index (Phi) is 5.81. The normalized spacial score (nSPS) is 15.2. The highest BCUT2D eigenvalue weighted by Gasteiger charge is 2.37. The maximum atomic E-state index is 14.9. The van der Waals surface area contributed by atoms with Crippen molar-refractivity contribution in [2.24, 2.45) is 0 Å². The fraction of sp³-hybridized carbons (Fsp3) is 0.304. The highest BCUT2D eigenvalue weighted by molar-refractivity contribution is 7.22. The molecule has 3 heterocycles. The van der Waals surface area contributed by atoms with E-state index in [-0.39, 0.29) is 17.1 Å². The van der Waals surface area contributed by atoms with Crippen molar-refractivity contribution in [3.63, 3.8) is 0 Å². The van der Waals surface area contributed by atoms with Crippen molar-refractivity contribution in [1.29, 1.82) is 0 Å². The molecule has 2 aromatic carbocycles. The SMILES string of the molecule is COc1cnc2c(-c3nc4cc(F)c5c(c4s3)CC(CN(CC(F)(F)F)C(=O)O)O5)cc(C)cc2n1. The van der Waals surface area contributed by atoms with Gasteiger partial charge in [0.2, 0.25) is 5.88 Å². The van der Waals surface area contributed by atoms with Crippen LogP contribution in [0.2, 0.25) is 0 Å². The summed E-state index contributed by atoms with van der Waals surface area (Å²) >= 11 is 1.27. The number of nitrogens with zero attached hydrogens (tertiary/aromatic N) is 4. The molecule has 1 amide bonds. The van der Waals surface area contributed by atoms with Gasteiger partial charge in [-0.15, -0.1) is 11.3 Å². The zero-order chi connectivity index (χ0) is 25.8. The second-order valence-electron chi connectivity index (χ2n) is 8.35. The third-order valence-corrected chi connectivity index (χ3v) is 6.84. The van der Waals surface area contributed by atoms with Crippen LogP contribution in [0.5, 0.6) is 11.6 Å². The molecule has 0 bridgehead atoms. The van der Waals surface area contributed by atoms with Crippen LogP contribution in [0.4, 0.5) is 22.4 Å². The van der Waals surface area contributed by atoms with Crippen molar-refractivity contribution in [2.45, 2.75) is 25.6 Å². The zero-order valence-electron chi connectivity index (χ0n) is 18.9.